The molecule has 0 saturated carbocycles. The van der Waals surface area contributed by atoms with Gasteiger partial charge in [-0.1, -0.05) is 30.8 Å². The monoisotopic (exact) mass is 388 g/mol. The topological polar surface area (TPSA) is 33.4 Å². The van der Waals surface area contributed by atoms with E-state index in [0.717, 1.165) is 17.4 Å². The van der Waals surface area contributed by atoms with Crippen LogP contribution in [0.25, 0.3) is 5.69 Å². The largest absolute Gasteiger partial charge is 0.339 e. The van der Waals surface area contributed by atoms with Crippen LogP contribution < -0.4 is 0 Å². The summed E-state index contributed by atoms with van der Waals surface area (Å²) >= 11 is 1.88. The second kappa shape index (κ2) is 6.82. The van der Waals surface area contributed by atoms with Crippen molar-refractivity contribution in [2.75, 3.05) is 6.54 Å². The van der Waals surface area contributed by atoms with Crippen molar-refractivity contribution in [3.05, 3.63) is 83.4 Å². The third kappa shape index (κ3) is 2.85. The molecule has 4 heterocycles. The van der Waals surface area contributed by atoms with E-state index >= 15 is 0 Å². The lowest BCUT2D eigenvalue weighted by atomic mass is 10.0. The fourth-order valence-corrected chi connectivity index (χ4v) is 5.28. The Hall–Kier alpha value is -2.53. The summed E-state index contributed by atoms with van der Waals surface area (Å²) in [6.07, 6.45) is 4.04. The normalized spacial score (nSPS) is 23.8. The first-order valence-electron chi connectivity index (χ1n) is 9.79. The fourth-order valence-electron chi connectivity index (χ4n) is 4.18. The molecule has 28 heavy (non-hydrogen) atoms. The van der Waals surface area contributed by atoms with Crippen molar-refractivity contribution in [3.63, 3.8) is 0 Å². The van der Waals surface area contributed by atoms with Gasteiger partial charge < -0.3 is 9.47 Å². The number of hydrogen-bond acceptors (Lipinski definition) is 4. The molecule has 0 aliphatic carbocycles. The number of aromatic nitrogens is 2. The summed E-state index contributed by atoms with van der Waals surface area (Å²) in [7, 11) is 0. The lowest BCUT2D eigenvalue weighted by Gasteiger charge is -2.28. The van der Waals surface area contributed by atoms with Crippen LogP contribution in [-0.4, -0.2) is 31.4 Å². The van der Waals surface area contributed by atoms with Crippen LogP contribution in [-0.2, 0) is 0 Å². The minimum absolute atomic E-state index is 0.0244. The molecule has 0 unspecified atom stereocenters. The van der Waals surface area contributed by atoms with E-state index in [1.807, 2.05) is 24.0 Å². The van der Waals surface area contributed by atoms with Crippen molar-refractivity contribution in [1.29, 1.82) is 0 Å². The fraction of sp³-hybridized carbons (Fsp3) is 0.304. The first-order chi connectivity index (χ1) is 13.6. The molecule has 5 rings (SSSR count). The van der Waals surface area contributed by atoms with Gasteiger partial charge in [0.15, 0.2) is 5.17 Å². The Morgan fingerprint density at radius 2 is 1.93 bits per heavy atom. The first kappa shape index (κ1) is 17.6. The standard InChI is InChI=1S/C23H24N4S/c1-15-9-10-18(13-16(15)2)26-12-6-8-20(26)22-21(19-7-4-5-11-24-19)25-23-27(22)14-17(3)28-23/h4-13,17,21-22H,14H2,1-3H3/t17-,21+,22-/m1/s1. The molecule has 2 aromatic heterocycles. The molecule has 2 aliphatic rings. The first-order valence-corrected chi connectivity index (χ1v) is 10.7. The Balaban J connectivity index is 1.61. The average Bonchev–Trinajstić information content (AvgIpc) is 3.38. The van der Waals surface area contributed by atoms with Crippen LogP contribution in [0.1, 0.15) is 41.5 Å². The van der Waals surface area contributed by atoms with Crippen LogP contribution in [0.4, 0.5) is 0 Å². The highest BCUT2D eigenvalue weighted by molar-refractivity contribution is 8.14. The van der Waals surface area contributed by atoms with Crippen LogP contribution >= 0.6 is 11.8 Å². The van der Waals surface area contributed by atoms with Gasteiger partial charge in [0.25, 0.3) is 0 Å². The summed E-state index contributed by atoms with van der Waals surface area (Å²) in [5.74, 6) is 0. The van der Waals surface area contributed by atoms with E-state index in [2.05, 4.69) is 83.9 Å². The summed E-state index contributed by atoms with van der Waals surface area (Å²) in [5.41, 5.74) is 6.14. The van der Waals surface area contributed by atoms with Gasteiger partial charge in [0, 0.05) is 35.6 Å². The van der Waals surface area contributed by atoms with Crippen LogP contribution in [0, 0.1) is 13.8 Å². The third-order valence-corrected chi connectivity index (χ3v) is 6.84. The molecule has 0 radical (unpaired) electrons. The summed E-state index contributed by atoms with van der Waals surface area (Å²) in [6.45, 7) is 7.64. The third-order valence-electron chi connectivity index (χ3n) is 5.73. The summed E-state index contributed by atoms with van der Waals surface area (Å²) in [6, 6.07) is 17.4. The molecule has 0 bridgehead atoms. The second-order valence-corrected chi connectivity index (χ2v) is 9.11. The number of nitrogens with zero attached hydrogens (tertiary/aromatic N) is 4. The van der Waals surface area contributed by atoms with E-state index in [4.69, 9.17) is 4.99 Å². The van der Waals surface area contributed by atoms with Gasteiger partial charge in [0.1, 0.15) is 6.04 Å². The quantitative estimate of drug-likeness (QED) is 0.627. The molecule has 2 aliphatic heterocycles. The number of aryl methyl sites for hydroxylation is 2. The Labute approximate surface area is 170 Å². The molecule has 1 fully saturated rings. The average molecular weight is 389 g/mol. The summed E-state index contributed by atoms with van der Waals surface area (Å²) in [5, 5.41) is 1.72. The molecule has 0 N–H and O–H groups in total. The lowest BCUT2D eigenvalue weighted by molar-refractivity contribution is 0.312. The molecular weight excluding hydrogens is 364 g/mol. The number of rotatable bonds is 3. The Morgan fingerprint density at radius 1 is 1.04 bits per heavy atom. The maximum atomic E-state index is 5.10. The molecule has 1 saturated heterocycles. The van der Waals surface area contributed by atoms with E-state index in [0.29, 0.717) is 5.25 Å². The van der Waals surface area contributed by atoms with E-state index in [-0.39, 0.29) is 12.1 Å². The number of amidine groups is 1. The molecule has 3 atom stereocenters. The van der Waals surface area contributed by atoms with E-state index < -0.39 is 0 Å². The van der Waals surface area contributed by atoms with Gasteiger partial charge in [-0.15, -0.1) is 0 Å². The van der Waals surface area contributed by atoms with Crippen molar-refractivity contribution in [2.24, 2.45) is 4.99 Å². The van der Waals surface area contributed by atoms with Gasteiger partial charge in [-0.3, -0.25) is 9.98 Å². The molecule has 3 aromatic rings. The maximum Gasteiger partial charge on any atom is 0.160 e. The van der Waals surface area contributed by atoms with Gasteiger partial charge in [-0.25, -0.2) is 0 Å². The van der Waals surface area contributed by atoms with Crippen molar-refractivity contribution in [2.45, 2.75) is 38.1 Å². The number of pyridine rings is 1. The van der Waals surface area contributed by atoms with E-state index in [1.54, 1.807) is 0 Å². The smallest absolute Gasteiger partial charge is 0.160 e. The number of benzene rings is 1. The Bertz CT molecular complexity index is 1040. The van der Waals surface area contributed by atoms with Gasteiger partial charge in [0.2, 0.25) is 0 Å². The maximum absolute atomic E-state index is 5.10. The second-order valence-electron chi connectivity index (χ2n) is 7.71. The SMILES string of the molecule is Cc1ccc(-n2cccc2[C@@H]2[C@H](c3ccccn3)N=C3S[C@H](C)CN32)cc1C. The van der Waals surface area contributed by atoms with Crippen molar-refractivity contribution in [1.82, 2.24) is 14.5 Å². The van der Waals surface area contributed by atoms with Crippen molar-refractivity contribution in [3.8, 4) is 5.69 Å². The predicted octanol–water partition coefficient (Wildman–Crippen LogP) is 5.08. The van der Waals surface area contributed by atoms with Crippen molar-refractivity contribution >= 4 is 16.9 Å². The lowest BCUT2D eigenvalue weighted by Crippen LogP contribution is -2.30. The summed E-state index contributed by atoms with van der Waals surface area (Å²) in [4.78, 5) is 12.2. The van der Waals surface area contributed by atoms with Gasteiger partial charge in [-0.2, -0.15) is 0 Å². The molecule has 4 nitrogen and oxygen atoms in total. The zero-order chi connectivity index (χ0) is 19.3. The Kier molecular flexibility index (Phi) is 4.27. The van der Waals surface area contributed by atoms with Gasteiger partial charge in [-0.05, 0) is 61.4 Å². The van der Waals surface area contributed by atoms with Crippen LogP contribution in [0.2, 0.25) is 0 Å². The number of thioether (sulfide) groups is 1. The summed E-state index contributed by atoms with van der Waals surface area (Å²) < 4.78 is 2.32. The minimum Gasteiger partial charge on any atom is -0.339 e. The highest BCUT2D eigenvalue weighted by Crippen LogP contribution is 2.47. The van der Waals surface area contributed by atoms with Crippen molar-refractivity contribution < 1.29 is 0 Å². The zero-order valence-electron chi connectivity index (χ0n) is 16.4. The number of aliphatic imine (C=N–C) groups is 1. The highest BCUT2D eigenvalue weighted by Gasteiger charge is 2.44. The predicted molar refractivity (Wildman–Crippen MR) is 116 cm³/mol. The van der Waals surface area contributed by atoms with E-state index in [9.17, 15) is 0 Å². The number of hydrogen-bond donors (Lipinski definition) is 0. The van der Waals surface area contributed by atoms with Crippen LogP contribution in [0.3, 0.4) is 0 Å². The molecule has 5 heteroatoms. The molecular formula is C23H24N4S. The van der Waals surface area contributed by atoms with Gasteiger partial charge >= 0.3 is 0 Å². The van der Waals surface area contributed by atoms with Crippen LogP contribution in [0.15, 0.2) is 65.9 Å². The Morgan fingerprint density at radius 3 is 2.71 bits per heavy atom. The molecule has 142 valence electrons. The molecule has 0 spiro atoms. The molecule has 1 aromatic carbocycles. The highest BCUT2D eigenvalue weighted by atomic mass is 32.2. The van der Waals surface area contributed by atoms with Crippen LogP contribution in [0.5, 0.6) is 0 Å². The molecule has 0 amide bonds. The number of fused-ring (bicyclic) bond motifs is 1. The zero-order valence-corrected chi connectivity index (χ0v) is 17.2. The van der Waals surface area contributed by atoms with Gasteiger partial charge in [0.05, 0.1) is 11.7 Å². The minimum atomic E-state index is 0.0244. The van der Waals surface area contributed by atoms with E-state index in [1.165, 1.54) is 22.5 Å².